The fourth-order valence-corrected chi connectivity index (χ4v) is 4.39. The van der Waals surface area contributed by atoms with Gasteiger partial charge >= 0.3 is 0 Å². The fraction of sp³-hybridized carbons (Fsp3) is 0.429. The van der Waals surface area contributed by atoms with Crippen LogP contribution < -0.4 is 14.4 Å². The molecule has 0 N–H and O–H groups in total. The molecule has 28 heavy (non-hydrogen) atoms. The van der Waals surface area contributed by atoms with Crippen LogP contribution in [0.25, 0.3) is 0 Å². The molecule has 1 spiro atoms. The molecule has 2 fully saturated rings. The standard InChI is InChI=1S/C21H24N2O5/c1-26-16-7-5-15(6-8-16)23-18(24)13-22(14-21(23)11-3-4-12-21)20(25)17-9-10-19(27-2)28-17/h5-10H,3-4,11-14H2,1-2H3. The first kappa shape index (κ1) is 18.4. The lowest BCUT2D eigenvalue weighted by molar-refractivity contribution is -0.123. The molecule has 1 aliphatic carbocycles. The number of nitrogens with zero attached hydrogens (tertiary/aromatic N) is 2. The van der Waals surface area contributed by atoms with E-state index in [0.717, 1.165) is 37.1 Å². The van der Waals surface area contributed by atoms with Crippen molar-refractivity contribution in [3.63, 3.8) is 0 Å². The van der Waals surface area contributed by atoms with Gasteiger partial charge in [-0.3, -0.25) is 9.59 Å². The van der Waals surface area contributed by atoms with Gasteiger partial charge in [0.25, 0.3) is 11.9 Å². The molecule has 2 amide bonds. The lowest BCUT2D eigenvalue weighted by Crippen LogP contribution is -2.65. The van der Waals surface area contributed by atoms with Crippen LogP contribution in [0.2, 0.25) is 0 Å². The number of anilines is 1. The van der Waals surface area contributed by atoms with Gasteiger partial charge in [-0.05, 0) is 43.2 Å². The molecule has 0 unspecified atom stereocenters. The Hall–Kier alpha value is -2.96. The number of amides is 2. The highest BCUT2D eigenvalue weighted by Crippen LogP contribution is 2.42. The van der Waals surface area contributed by atoms with Gasteiger partial charge in [-0.1, -0.05) is 12.8 Å². The number of carbonyl (C=O) groups is 2. The van der Waals surface area contributed by atoms with E-state index < -0.39 is 0 Å². The molecule has 1 aromatic carbocycles. The number of hydrogen-bond donors (Lipinski definition) is 0. The minimum absolute atomic E-state index is 0.0234. The van der Waals surface area contributed by atoms with Gasteiger partial charge in [0.15, 0.2) is 5.76 Å². The summed E-state index contributed by atoms with van der Waals surface area (Å²) in [4.78, 5) is 29.6. The molecule has 7 nitrogen and oxygen atoms in total. The molecule has 0 radical (unpaired) electrons. The number of furan rings is 1. The molecule has 0 atom stereocenters. The van der Waals surface area contributed by atoms with E-state index >= 15 is 0 Å². The summed E-state index contributed by atoms with van der Waals surface area (Å²) < 4.78 is 15.7. The second-order valence-corrected chi connectivity index (χ2v) is 7.34. The lowest BCUT2D eigenvalue weighted by Gasteiger charge is -2.48. The van der Waals surface area contributed by atoms with E-state index in [1.165, 1.54) is 7.11 Å². The minimum Gasteiger partial charge on any atom is -0.497 e. The highest BCUT2D eigenvalue weighted by Gasteiger charge is 2.49. The molecule has 4 rings (SSSR count). The van der Waals surface area contributed by atoms with Gasteiger partial charge in [-0.15, -0.1) is 0 Å². The van der Waals surface area contributed by atoms with Gasteiger partial charge in [-0.25, -0.2) is 0 Å². The van der Waals surface area contributed by atoms with Crippen LogP contribution in [-0.4, -0.2) is 49.6 Å². The van der Waals surface area contributed by atoms with Crippen LogP contribution in [0.1, 0.15) is 36.2 Å². The Morgan fingerprint density at radius 2 is 1.75 bits per heavy atom. The third-order valence-electron chi connectivity index (χ3n) is 5.68. The van der Waals surface area contributed by atoms with E-state index in [1.807, 2.05) is 29.2 Å². The van der Waals surface area contributed by atoms with Crippen LogP contribution >= 0.6 is 0 Å². The van der Waals surface area contributed by atoms with Gasteiger partial charge in [-0.2, -0.15) is 0 Å². The molecule has 1 aliphatic heterocycles. The number of carbonyl (C=O) groups excluding carboxylic acids is 2. The number of ether oxygens (including phenoxy) is 2. The van der Waals surface area contributed by atoms with Crippen LogP contribution in [0.4, 0.5) is 5.69 Å². The second kappa shape index (κ2) is 7.22. The average molecular weight is 384 g/mol. The molecule has 2 heterocycles. The number of rotatable bonds is 4. The Labute approximate surface area is 163 Å². The summed E-state index contributed by atoms with van der Waals surface area (Å²) in [6.07, 6.45) is 3.82. The van der Waals surface area contributed by atoms with E-state index in [4.69, 9.17) is 13.9 Å². The van der Waals surface area contributed by atoms with Crippen molar-refractivity contribution in [2.75, 3.05) is 32.2 Å². The van der Waals surface area contributed by atoms with Crippen molar-refractivity contribution >= 4 is 17.5 Å². The molecule has 2 aromatic rings. The molecular formula is C21H24N2O5. The predicted octanol–water partition coefficient (Wildman–Crippen LogP) is 3.10. The van der Waals surface area contributed by atoms with Crippen LogP contribution in [0, 0.1) is 0 Å². The summed E-state index contributed by atoms with van der Waals surface area (Å²) in [5.41, 5.74) is 0.468. The van der Waals surface area contributed by atoms with Gasteiger partial charge in [0, 0.05) is 18.3 Å². The summed E-state index contributed by atoms with van der Waals surface area (Å²) in [7, 11) is 3.10. The molecule has 0 bridgehead atoms. The van der Waals surface area contributed by atoms with E-state index in [1.54, 1.807) is 24.1 Å². The Kier molecular flexibility index (Phi) is 4.75. The fourth-order valence-electron chi connectivity index (χ4n) is 4.39. The van der Waals surface area contributed by atoms with E-state index in [2.05, 4.69) is 0 Å². The largest absolute Gasteiger partial charge is 0.497 e. The number of benzene rings is 1. The summed E-state index contributed by atoms with van der Waals surface area (Å²) in [5, 5.41) is 0. The molecule has 1 saturated carbocycles. The van der Waals surface area contributed by atoms with Crippen molar-refractivity contribution in [2.24, 2.45) is 0 Å². The van der Waals surface area contributed by atoms with Crippen molar-refractivity contribution in [3.8, 4) is 11.7 Å². The van der Waals surface area contributed by atoms with Crippen molar-refractivity contribution in [1.29, 1.82) is 0 Å². The highest BCUT2D eigenvalue weighted by molar-refractivity contribution is 6.02. The van der Waals surface area contributed by atoms with Crippen molar-refractivity contribution in [2.45, 2.75) is 31.2 Å². The van der Waals surface area contributed by atoms with Crippen molar-refractivity contribution in [3.05, 3.63) is 42.2 Å². The Morgan fingerprint density at radius 3 is 2.36 bits per heavy atom. The first-order valence-corrected chi connectivity index (χ1v) is 9.46. The third kappa shape index (κ3) is 3.10. The van der Waals surface area contributed by atoms with Gasteiger partial charge in [0.1, 0.15) is 12.3 Å². The smallest absolute Gasteiger partial charge is 0.290 e. The van der Waals surface area contributed by atoms with E-state index in [-0.39, 0.29) is 35.6 Å². The SMILES string of the molecule is COc1ccc(N2C(=O)CN(C(=O)c3ccc(OC)o3)CC23CCCC3)cc1. The normalized spacial score (nSPS) is 18.6. The topological polar surface area (TPSA) is 72.2 Å². The van der Waals surface area contributed by atoms with Crippen LogP contribution in [0.15, 0.2) is 40.8 Å². The van der Waals surface area contributed by atoms with Crippen molar-refractivity contribution in [1.82, 2.24) is 4.90 Å². The molecule has 7 heteroatoms. The molecule has 2 aliphatic rings. The van der Waals surface area contributed by atoms with Gasteiger partial charge < -0.3 is 23.7 Å². The van der Waals surface area contributed by atoms with E-state index in [9.17, 15) is 9.59 Å². The van der Waals surface area contributed by atoms with Crippen LogP contribution in [-0.2, 0) is 4.79 Å². The first-order valence-electron chi connectivity index (χ1n) is 9.46. The maximum atomic E-state index is 13.2. The summed E-state index contributed by atoms with van der Waals surface area (Å²) in [6.45, 7) is 0.516. The summed E-state index contributed by atoms with van der Waals surface area (Å²) in [6, 6.07) is 10.7. The first-order chi connectivity index (χ1) is 13.6. The zero-order valence-corrected chi connectivity index (χ0v) is 16.1. The quantitative estimate of drug-likeness (QED) is 0.810. The third-order valence-corrected chi connectivity index (χ3v) is 5.68. The lowest BCUT2D eigenvalue weighted by atomic mass is 9.90. The maximum Gasteiger partial charge on any atom is 0.290 e. The second-order valence-electron chi connectivity index (χ2n) is 7.34. The maximum absolute atomic E-state index is 13.2. The molecule has 1 saturated heterocycles. The van der Waals surface area contributed by atoms with Crippen molar-refractivity contribution < 1.29 is 23.5 Å². The molecular weight excluding hydrogens is 360 g/mol. The van der Waals surface area contributed by atoms with Gasteiger partial charge in [0.2, 0.25) is 5.91 Å². The van der Waals surface area contributed by atoms with Crippen LogP contribution in [0.5, 0.6) is 11.7 Å². The minimum atomic E-state index is -0.379. The molecule has 1 aromatic heterocycles. The predicted molar refractivity (Wildman–Crippen MR) is 103 cm³/mol. The van der Waals surface area contributed by atoms with Crippen LogP contribution in [0.3, 0.4) is 0 Å². The Bertz CT molecular complexity index is 867. The summed E-state index contributed by atoms with van der Waals surface area (Å²) >= 11 is 0. The zero-order chi connectivity index (χ0) is 19.7. The number of hydrogen-bond acceptors (Lipinski definition) is 5. The zero-order valence-electron chi connectivity index (χ0n) is 16.1. The molecule has 148 valence electrons. The monoisotopic (exact) mass is 384 g/mol. The highest BCUT2D eigenvalue weighted by atomic mass is 16.6. The number of methoxy groups -OCH3 is 2. The number of piperazine rings is 1. The van der Waals surface area contributed by atoms with Gasteiger partial charge in [0.05, 0.1) is 19.8 Å². The Balaban J connectivity index is 1.63. The Morgan fingerprint density at radius 1 is 1.04 bits per heavy atom. The average Bonchev–Trinajstić information content (AvgIpc) is 3.37. The summed E-state index contributed by atoms with van der Waals surface area (Å²) in [5.74, 6) is 0.859. The van der Waals surface area contributed by atoms with E-state index in [0.29, 0.717) is 6.54 Å².